The number of nitro benzene ring substituents is 1. The monoisotopic (exact) mass is 298 g/mol. The predicted octanol–water partition coefficient (Wildman–Crippen LogP) is 4.55. The van der Waals surface area contributed by atoms with Crippen molar-refractivity contribution in [3.05, 3.63) is 38.9 Å². The van der Waals surface area contributed by atoms with E-state index in [1.165, 1.54) is 25.0 Å². The lowest BCUT2D eigenvalue weighted by molar-refractivity contribution is -0.384. The molecule has 0 bridgehead atoms. The van der Waals surface area contributed by atoms with E-state index < -0.39 is 4.92 Å². The first-order chi connectivity index (χ1) is 9.40. The van der Waals surface area contributed by atoms with Gasteiger partial charge in [-0.05, 0) is 30.9 Å². The number of nitrogens with zero attached hydrogens (tertiary/aromatic N) is 1. The highest BCUT2D eigenvalue weighted by molar-refractivity contribution is 6.31. The van der Waals surface area contributed by atoms with Gasteiger partial charge in [-0.15, -0.1) is 0 Å². The summed E-state index contributed by atoms with van der Waals surface area (Å²) in [5.41, 5.74) is 0.857. The lowest BCUT2D eigenvalue weighted by atomic mass is 10.0. The van der Waals surface area contributed by atoms with Gasteiger partial charge in [-0.2, -0.15) is 0 Å². The van der Waals surface area contributed by atoms with Crippen molar-refractivity contribution in [2.24, 2.45) is 5.92 Å². The summed E-state index contributed by atoms with van der Waals surface area (Å²) in [7, 11) is 0. The van der Waals surface area contributed by atoms with E-state index in [2.05, 4.69) is 26.1 Å². The molecule has 0 aliphatic carbocycles. The molecule has 0 aliphatic rings. The summed E-state index contributed by atoms with van der Waals surface area (Å²) in [4.78, 5) is 10.4. The van der Waals surface area contributed by atoms with Crippen LogP contribution in [-0.4, -0.2) is 11.0 Å². The maximum absolute atomic E-state index is 10.7. The van der Waals surface area contributed by atoms with Crippen LogP contribution in [0.2, 0.25) is 5.02 Å². The highest BCUT2D eigenvalue weighted by Gasteiger charge is 2.10. The van der Waals surface area contributed by atoms with E-state index in [1.807, 2.05) is 0 Å². The van der Waals surface area contributed by atoms with E-state index in [9.17, 15) is 10.1 Å². The predicted molar refractivity (Wildman–Crippen MR) is 83.1 cm³/mol. The van der Waals surface area contributed by atoms with E-state index >= 15 is 0 Å². The molecule has 1 unspecified atom stereocenters. The molecular weight excluding hydrogens is 276 g/mol. The van der Waals surface area contributed by atoms with Crippen LogP contribution >= 0.6 is 11.6 Å². The van der Waals surface area contributed by atoms with E-state index in [0.29, 0.717) is 17.6 Å². The molecule has 1 atom stereocenters. The van der Waals surface area contributed by atoms with Crippen LogP contribution in [0.4, 0.5) is 5.69 Å². The first kappa shape index (κ1) is 16.9. The summed E-state index contributed by atoms with van der Waals surface area (Å²) in [5, 5.41) is 14.7. The fraction of sp³-hybridized carbons (Fsp3) is 0.600. The molecule has 0 saturated heterocycles. The second kappa shape index (κ2) is 8.22. The van der Waals surface area contributed by atoms with Crippen LogP contribution in [0.15, 0.2) is 18.2 Å². The molecule has 0 fully saturated rings. The molecule has 0 aromatic heterocycles. The quantitative estimate of drug-likeness (QED) is 0.565. The molecule has 0 spiro atoms. The number of halogens is 1. The summed E-state index contributed by atoms with van der Waals surface area (Å²) >= 11 is 6.07. The number of non-ortho nitro benzene ring substituents is 1. The summed E-state index contributed by atoms with van der Waals surface area (Å²) in [5.74, 6) is 0.730. The fourth-order valence-electron chi connectivity index (χ4n) is 2.03. The van der Waals surface area contributed by atoms with Gasteiger partial charge in [-0.3, -0.25) is 10.1 Å². The fourth-order valence-corrected chi connectivity index (χ4v) is 2.21. The smallest absolute Gasteiger partial charge is 0.269 e. The number of hydrogen-bond acceptors (Lipinski definition) is 3. The third-order valence-electron chi connectivity index (χ3n) is 3.30. The second-order valence-corrected chi connectivity index (χ2v) is 6.05. The maximum atomic E-state index is 10.7. The SMILES string of the molecule is CC(C)CCCC(C)NCc1cc([N+](=O)[O-])ccc1Cl. The average Bonchev–Trinajstić information content (AvgIpc) is 2.37. The molecule has 0 amide bonds. The van der Waals surface area contributed by atoms with Gasteiger partial charge in [-0.1, -0.05) is 38.3 Å². The highest BCUT2D eigenvalue weighted by Crippen LogP contribution is 2.22. The van der Waals surface area contributed by atoms with Crippen molar-refractivity contribution in [2.45, 2.75) is 52.6 Å². The molecule has 112 valence electrons. The van der Waals surface area contributed by atoms with Crippen molar-refractivity contribution in [1.82, 2.24) is 5.32 Å². The van der Waals surface area contributed by atoms with Crippen molar-refractivity contribution in [3.63, 3.8) is 0 Å². The Morgan fingerprint density at radius 3 is 2.60 bits per heavy atom. The average molecular weight is 299 g/mol. The molecule has 0 saturated carbocycles. The minimum absolute atomic E-state index is 0.0821. The third-order valence-corrected chi connectivity index (χ3v) is 3.67. The van der Waals surface area contributed by atoms with Gasteiger partial charge in [0.25, 0.3) is 5.69 Å². The Morgan fingerprint density at radius 1 is 1.30 bits per heavy atom. The number of benzene rings is 1. The van der Waals surface area contributed by atoms with Crippen molar-refractivity contribution >= 4 is 17.3 Å². The van der Waals surface area contributed by atoms with Gasteiger partial charge in [0.1, 0.15) is 0 Å². The third kappa shape index (κ3) is 5.88. The number of nitro groups is 1. The molecule has 1 N–H and O–H groups in total. The van der Waals surface area contributed by atoms with Gasteiger partial charge < -0.3 is 5.32 Å². The van der Waals surface area contributed by atoms with Gasteiger partial charge in [0.2, 0.25) is 0 Å². The first-order valence-electron chi connectivity index (χ1n) is 7.06. The zero-order chi connectivity index (χ0) is 15.1. The van der Waals surface area contributed by atoms with Crippen LogP contribution in [0.25, 0.3) is 0 Å². The molecule has 1 aromatic rings. The molecule has 4 nitrogen and oxygen atoms in total. The van der Waals surface area contributed by atoms with E-state index in [-0.39, 0.29) is 5.69 Å². The van der Waals surface area contributed by atoms with Crippen LogP contribution in [0.5, 0.6) is 0 Å². The molecule has 20 heavy (non-hydrogen) atoms. The van der Waals surface area contributed by atoms with Gasteiger partial charge in [-0.25, -0.2) is 0 Å². The van der Waals surface area contributed by atoms with Gasteiger partial charge in [0, 0.05) is 29.7 Å². The van der Waals surface area contributed by atoms with Crippen molar-refractivity contribution in [1.29, 1.82) is 0 Å². The largest absolute Gasteiger partial charge is 0.310 e. The topological polar surface area (TPSA) is 55.2 Å². The first-order valence-corrected chi connectivity index (χ1v) is 7.44. The van der Waals surface area contributed by atoms with Crippen LogP contribution in [0.3, 0.4) is 0 Å². The summed E-state index contributed by atoms with van der Waals surface area (Å²) in [6, 6.07) is 4.93. The molecular formula is C15H23ClN2O2. The number of rotatable bonds is 8. The summed E-state index contributed by atoms with van der Waals surface area (Å²) < 4.78 is 0. The summed E-state index contributed by atoms with van der Waals surface area (Å²) in [6.07, 6.45) is 3.52. The van der Waals surface area contributed by atoms with Crippen molar-refractivity contribution in [3.8, 4) is 0 Å². The van der Waals surface area contributed by atoms with Crippen LogP contribution in [0.1, 0.15) is 45.6 Å². The van der Waals surface area contributed by atoms with Crippen molar-refractivity contribution in [2.75, 3.05) is 0 Å². The summed E-state index contributed by atoms with van der Waals surface area (Å²) in [6.45, 7) is 7.14. The maximum Gasteiger partial charge on any atom is 0.269 e. The normalized spacial score (nSPS) is 12.7. The lowest BCUT2D eigenvalue weighted by Crippen LogP contribution is -2.25. The molecule has 0 radical (unpaired) electrons. The molecule has 0 heterocycles. The molecule has 0 aliphatic heterocycles. The Balaban J connectivity index is 2.48. The molecule has 5 heteroatoms. The second-order valence-electron chi connectivity index (χ2n) is 5.64. The Hall–Kier alpha value is -1.13. The zero-order valence-electron chi connectivity index (χ0n) is 12.4. The minimum atomic E-state index is -0.397. The highest BCUT2D eigenvalue weighted by atomic mass is 35.5. The molecule has 1 aromatic carbocycles. The van der Waals surface area contributed by atoms with Crippen LogP contribution in [0, 0.1) is 16.0 Å². The minimum Gasteiger partial charge on any atom is -0.310 e. The molecule has 1 rings (SSSR count). The standard InChI is InChI=1S/C15H23ClN2O2/c1-11(2)5-4-6-12(3)17-10-13-9-14(18(19)20)7-8-15(13)16/h7-9,11-12,17H,4-6,10H2,1-3H3. The number of hydrogen-bond donors (Lipinski definition) is 1. The van der Waals surface area contributed by atoms with Crippen LogP contribution in [-0.2, 0) is 6.54 Å². The Kier molecular flexibility index (Phi) is 6.96. The van der Waals surface area contributed by atoms with E-state index in [4.69, 9.17) is 11.6 Å². The Morgan fingerprint density at radius 2 is 2.00 bits per heavy atom. The van der Waals surface area contributed by atoms with E-state index in [0.717, 1.165) is 17.9 Å². The lowest BCUT2D eigenvalue weighted by Gasteiger charge is -2.15. The van der Waals surface area contributed by atoms with Gasteiger partial charge in [0.15, 0.2) is 0 Å². The zero-order valence-corrected chi connectivity index (χ0v) is 13.1. The number of nitrogens with one attached hydrogen (secondary N) is 1. The Labute approximate surface area is 125 Å². The van der Waals surface area contributed by atoms with E-state index in [1.54, 1.807) is 6.07 Å². The van der Waals surface area contributed by atoms with Crippen molar-refractivity contribution < 1.29 is 4.92 Å². The van der Waals surface area contributed by atoms with Gasteiger partial charge in [0.05, 0.1) is 4.92 Å². The Bertz CT molecular complexity index is 449. The van der Waals surface area contributed by atoms with Gasteiger partial charge >= 0.3 is 0 Å². The van der Waals surface area contributed by atoms with Crippen LogP contribution < -0.4 is 5.32 Å².